The number of amides is 4. The molecule has 1 aliphatic carbocycles. The second-order valence-electron chi connectivity index (χ2n) is 13.6. The first kappa shape index (κ1) is 35.9. The van der Waals surface area contributed by atoms with Crippen molar-refractivity contribution >= 4 is 34.5 Å². The number of β-amino-alcohol motifs (C(OH)–C–C–N with tert-alkyl or cyclic N) is 1. The molecule has 1 saturated carbocycles. The number of pyridine rings is 1. The van der Waals surface area contributed by atoms with Crippen molar-refractivity contribution in [2.75, 3.05) is 19.6 Å². The molecule has 3 aromatic rings. The number of fused-ring (bicyclic) bond motifs is 2. The summed E-state index contributed by atoms with van der Waals surface area (Å²) in [6.07, 6.45) is 6.01. The van der Waals surface area contributed by atoms with Crippen molar-refractivity contribution in [3.05, 3.63) is 78.0 Å². The number of carbonyl (C=O) groups is 4. The number of hydrogen-bond donors (Lipinski definition) is 5. The van der Waals surface area contributed by atoms with Crippen LogP contribution in [0.1, 0.15) is 74.3 Å². The Balaban J connectivity index is 1.34. The van der Waals surface area contributed by atoms with E-state index in [0.29, 0.717) is 36.9 Å². The Morgan fingerprint density at radius 1 is 0.959 bits per heavy atom. The smallest absolute Gasteiger partial charge is 0.270 e. The number of aliphatic hydroxyl groups is 1. The predicted molar refractivity (Wildman–Crippen MR) is 188 cm³/mol. The summed E-state index contributed by atoms with van der Waals surface area (Å²) in [7, 11) is 0. The van der Waals surface area contributed by atoms with Crippen LogP contribution < -0.4 is 21.7 Å². The number of piperidine rings is 1. The van der Waals surface area contributed by atoms with E-state index in [1.54, 1.807) is 18.2 Å². The molecule has 2 heterocycles. The van der Waals surface area contributed by atoms with E-state index in [4.69, 9.17) is 5.73 Å². The average molecular weight is 671 g/mol. The minimum atomic E-state index is -1.29. The van der Waals surface area contributed by atoms with Gasteiger partial charge < -0.3 is 26.8 Å². The molecule has 0 spiro atoms. The SMILES string of the molecule is CCCCNC(=O)[C@@H]1C[C@@H]2CCCC[C@@H]2CN1C[C@@H](O)[C@H](Cc1ccccc1)NC(=O)[C@H](CC(N)=O)NC(=O)c1ccc2ccccc2n1. The number of nitrogens with zero attached hydrogens (tertiary/aromatic N) is 2. The normalized spacial score (nSPS) is 21.1. The fraction of sp³-hybridized carbons (Fsp3) is 0.500. The minimum absolute atomic E-state index is 0.0140. The molecule has 2 aromatic carbocycles. The topological polar surface area (TPSA) is 167 Å². The Morgan fingerprint density at radius 3 is 2.45 bits per heavy atom. The first-order valence-electron chi connectivity index (χ1n) is 17.7. The molecule has 1 aromatic heterocycles. The summed E-state index contributed by atoms with van der Waals surface area (Å²) in [5, 5.41) is 21.4. The number of likely N-dealkylation sites (tertiary alicyclic amines) is 1. The van der Waals surface area contributed by atoms with Crippen LogP contribution in [0, 0.1) is 11.8 Å². The maximum atomic E-state index is 13.8. The number of nitrogens with one attached hydrogen (secondary N) is 3. The highest BCUT2D eigenvalue weighted by molar-refractivity contribution is 5.99. The maximum absolute atomic E-state index is 13.8. The van der Waals surface area contributed by atoms with Crippen LogP contribution in [-0.2, 0) is 20.8 Å². The van der Waals surface area contributed by atoms with Gasteiger partial charge in [0.15, 0.2) is 0 Å². The van der Waals surface area contributed by atoms with Crippen molar-refractivity contribution < 1.29 is 24.3 Å². The van der Waals surface area contributed by atoms with Gasteiger partial charge in [-0.15, -0.1) is 0 Å². The van der Waals surface area contributed by atoms with Crippen LogP contribution in [-0.4, -0.2) is 82.5 Å². The van der Waals surface area contributed by atoms with Crippen molar-refractivity contribution in [1.29, 1.82) is 0 Å². The zero-order valence-electron chi connectivity index (χ0n) is 28.4. The van der Waals surface area contributed by atoms with Gasteiger partial charge in [-0.1, -0.05) is 87.2 Å². The molecule has 262 valence electrons. The van der Waals surface area contributed by atoms with E-state index in [1.165, 1.54) is 12.8 Å². The highest BCUT2D eigenvalue weighted by Crippen LogP contribution is 2.38. The van der Waals surface area contributed by atoms with Crippen LogP contribution >= 0.6 is 0 Å². The molecular weight excluding hydrogens is 620 g/mol. The minimum Gasteiger partial charge on any atom is -0.390 e. The van der Waals surface area contributed by atoms with Gasteiger partial charge >= 0.3 is 0 Å². The van der Waals surface area contributed by atoms with Crippen LogP contribution in [0.3, 0.4) is 0 Å². The standard InChI is InChI=1S/C38H50N6O5/c1-2-3-19-40-38(49)33-21-27-14-7-8-15-28(27)23-44(33)24-34(45)31(20-25-11-5-4-6-12-25)42-37(48)32(22-35(39)46)43-36(47)30-18-17-26-13-9-10-16-29(26)41-30/h4-6,9-13,16-18,27-28,31-34,45H,2-3,7-8,14-15,19-24H2,1H3,(H2,39,46)(H,40,49)(H,42,48)(H,43,47)/t27-,28+,31-,32-,33-,34+/m0/s1. The third-order valence-corrected chi connectivity index (χ3v) is 10.0. The molecular formula is C38H50N6O5. The van der Waals surface area contributed by atoms with E-state index in [2.05, 4.69) is 32.8 Å². The second kappa shape index (κ2) is 17.3. The summed E-state index contributed by atoms with van der Waals surface area (Å²) in [4.78, 5) is 59.1. The number of para-hydroxylation sites is 1. The Morgan fingerprint density at radius 2 is 1.69 bits per heavy atom. The molecule has 2 fully saturated rings. The van der Waals surface area contributed by atoms with Crippen molar-refractivity contribution in [1.82, 2.24) is 25.8 Å². The van der Waals surface area contributed by atoms with Crippen LogP contribution in [0.4, 0.5) is 0 Å². The fourth-order valence-electron chi connectivity index (χ4n) is 7.32. The van der Waals surface area contributed by atoms with E-state index in [0.717, 1.165) is 43.1 Å². The molecule has 2 aliphatic rings. The first-order chi connectivity index (χ1) is 23.7. The molecule has 11 heteroatoms. The molecule has 0 bridgehead atoms. The number of nitrogens with two attached hydrogens (primary N) is 1. The number of unbranched alkanes of at least 4 members (excludes halogenated alkanes) is 1. The average Bonchev–Trinajstić information content (AvgIpc) is 3.10. The van der Waals surface area contributed by atoms with Gasteiger partial charge in [0.05, 0.1) is 30.1 Å². The number of primary amides is 1. The number of hydrogen-bond acceptors (Lipinski definition) is 7. The number of aromatic nitrogens is 1. The molecule has 0 radical (unpaired) electrons. The van der Waals surface area contributed by atoms with Crippen LogP contribution in [0.2, 0.25) is 0 Å². The van der Waals surface area contributed by atoms with E-state index in [9.17, 15) is 24.3 Å². The fourth-order valence-corrected chi connectivity index (χ4v) is 7.32. The number of benzene rings is 2. The van der Waals surface area contributed by atoms with Gasteiger partial charge in [0.2, 0.25) is 17.7 Å². The zero-order chi connectivity index (χ0) is 34.8. The summed E-state index contributed by atoms with van der Waals surface area (Å²) in [6, 6.07) is 17.7. The summed E-state index contributed by atoms with van der Waals surface area (Å²) < 4.78 is 0. The quantitative estimate of drug-likeness (QED) is 0.155. The van der Waals surface area contributed by atoms with E-state index in [1.807, 2.05) is 48.5 Å². The lowest BCUT2D eigenvalue weighted by atomic mass is 9.72. The highest BCUT2D eigenvalue weighted by Gasteiger charge is 2.41. The molecule has 0 unspecified atom stereocenters. The van der Waals surface area contributed by atoms with Gasteiger partial charge in [0.25, 0.3) is 5.91 Å². The lowest BCUT2D eigenvalue weighted by Gasteiger charge is -2.46. The van der Waals surface area contributed by atoms with Gasteiger partial charge in [-0.2, -0.15) is 0 Å². The Bertz CT molecular complexity index is 1590. The number of aliphatic hydroxyl groups excluding tert-OH is 1. The monoisotopic (exact) mass is 670 g/mol. The van der Waals surface area contributed by atoms with E-state index < -0.39 is 42.3 Å². The van der Waals surface area contributed by atoms with Crippen LogP contribution in [0.5, 0.6) is 0 Å². The van der Waals surface area contributed by atoms with Gasteiger partial charge in [-0.3, -0.25) is 24.1 Å². The van der Waals surface area contributed by atoms with E-state index in [-0.39, 0.29) is 24.2 Å². The Kier molecular flexibility index (Phi) is 12.7. The van der Waals surface area contributed by atoms with Crippen molar-refractivity contribution in [3.8, 4) is 0 Å². The largest absolute Gasteiger partial charge is 0.390 e. The Labute approximate surface area is 288 Å². The summed E-state index contributed by atoms with van der Waals surface area (Å²) >= 11 is 0. The van der Waals surface area contributed by atoms with Crippen molar-refractivity contribution in [2.45, 2.75) is 88.9 Å². The van der Waals surface area contributed by atoms with Gasteiger partial charge in [-0.25, -0.2) is 4.98 Å². The molecule has 4 amide bonds. The molecule has 6 atom stereocenters. The number of carbonyl (C=O) groups excluding carboxylic acids is 4. The lowest BCUT2D eigenvalue weighted by Crippen LogP contribution is -2.60. The van der Waals surface area contributed by atoms with Crippen molar-refractivity contribution in [2.24, 2.45) is 17.6 Å². The third kappa shape index (κ3) is 9.86. The molecule has 49 heavy (non-hydrogen) atoms. The molecule has 11 nitrogen and oxygen atoms in total. The van der Waals surface area contributed by atoms with Crippen LogP contribution in [0.15, 0.2) is 66.7 Å². The molecule has 1 saturated heterocycles. The summed E-state index contributed by atoms with van der Waals surface area (Å²) in [5.41, 5.74) is 7.12. The highest BCUT2D eigenvalue weighted by atomic mass is 16.3. The molecule has 6 N–H and O–H groups in total. The summed E-state index contributed by atoms with van der Waals surface area (Å²) in [5.74, 6) is -1.10. The third-order valence-electron chi connectivity index (χ3n) is 10.0. The maximum Gasteiger partial charge on any atom is 0.270 e. The first-order valence-corrected chi connectivity index (χ1v) is 17.7. The lowest BCUT2D eigenvalue weighted by molar-refractivity contribution is -0.132. The van der Waals surface area contributed by atoms with Crippen molar-refractivity contribution in [3.63, 3.8) is 0 Å². The predicted octanol–water partition coefficient (Wildman–Crippen LogP) is 3.09. The van der Waals surface area contributed by atoms with Gasteiger partial charge in [-0.05, 0) is 55.2 Å². The molecule has 1 aliphatic heterocycles. The van der Waals surface area contributed by atoms with E-state index >= 15 is 0 Å². The Hall–Kier alpha value is -4.35. The molecule has 5 rings (SSSR count). The van der Waals surface area contributed by atoms with Crippen LogP contribution in [0.25, 0.3) is 10.9 Å². The van der Waals surface area contributed by atoms with Gasteiger partial charge in [0.1, 0.15) is 11.7 Å². The zero-order valence-corrected chi connectivity index (χ0v) is 28.4. The number of rotatable bonds is 15. The summed E-state index contributed by atoms with van der Waals surface area (Å²) in [6.45, 7) is 3.59. The van der Waals surface area contributed by atoms with Gasteiger partial charge in [0, 0.05) is 25.0 Å². The second-order valence-corrected chi connectivity index (χ2v) is 13.6.